The largest absolute Gasteiger partial charge is 0.480 e. The molecule has 6 N–H and O–H groups in total. The summed E-state index contributed by atoms with van der Waals surface area (Å²) in [5, 5.41) is 10.9. The lowest BCUT2D eigenvalue weighted by molar-refractivity contribution is -0.138. The number of aromatic nitrogens is 2. The van der Waals surface area contributed by atoms with Gasteiger partial charge in [-0.1, -0.05) is 24.3 Å². The van der Waals surface area contributed by atoms with E-state index in [4.69, 9.17) is 10.8 Å². The van der Waals surface area contributed by atoms with Crippen molar-refractivity contribution in [3.8, 4) is 0 Å². The summed E-state index contributed by atoms with van der Waals surface area (Å²) in [6.07, 6.45) is 5.10. The number of fused-ring (bicyclic) bond motifs is 2. The Morgan fingerprint density at radius 3 is 2.37 bits per heavy atom. The quantitative estimate of drug-likeness (QED) is 0.239. The van der Waals surface area contributed by atoms with Crippen molar-refractivity contribution in [3.05, 3.63) is 71.5 Å². The fourth-order valence-corrected chi connectivity index (χ4v) is 4.55. The van der Waals surface area contributed by atoms with Crippen molar-refractivity contribution in [1.29, 1.82) is 0 Å². The van der Waals surface area contributed by atoms with Crippen molar-refractivity contribution in [1.82, 2.24) is 19.6 Å². The van der Waals surface area contributed by atoms with Gasteiger partial charge in [0.1, 0.15) is 6.04 Å². The zero-order chi connectivity index (χ0) is 25.6. The second-order valence-electron chi connectivity index (χ2n) is 8.72. The molecule has 0 saturated heterocycles. The number of carboxylic acid groups (broad SMARTS) is 1. The Kier molecular flexibility index (Phi) is 8.68. The van der Waals surface area contributed by atoms with E-state index in [1.54, 1.807) is 0 Å². The van der Waals surface area contributed by atoms with Crippen molar-refractivity contribution in [2.24, 2.45) is 5.73 Å². The van der Waals surface area contributed by atoms with Crippen LogP contribution in [0.4, 0.5) is 0 Å². The lowest BCUT2D eigenvalue weighted by Gasteiger charge is -2.08. The predicted molar refractivity (Wildman–Crippen MR) is 140 cm³/mol. The van der Waals surface area contributed by atoms with E-state index in [1.165, 1.54) is 12.6 Å². The fraction of sp³-hybridized carbons (Fsp3) is 0.320. The molecule has 188 valence electrons. The summed E-state index contributed by atoms with van der Waals surface area (Å²) in [6, 6.07) is 12.7. The first kappa shape index (κ1) is 26.4. The van der Waals surface area contributed by atoms with Crippen LogP contribution < -0.4 is 10.5 Å². The van der Waals surface area contributed by atoms with Gasteiger partial charge in [-0.15, -0.1) is 0 Å². The molecule has 4 aromatic rings. The molecule has 0 radical (unpaired) electrons. The van der Waals surface area contributed by atoms with Crippen molar-refractivity contribution in [3.63, 3.8) is 0 Å². The fourth-order valence-electron chi connectivity index (χ4n) is 3.78. The van der Waals surface area contributed by atoms with E-state index >= 15 is 0 Å². The molecule has 0 amide bonds. The lowest BCUT2D eigenvalue weighted by Crippen LogP contribution is -2.32. The molecule has 0 unspecified atom stereocenters. The van der Waals surface area contributed by atoms with Gasteiger partial charge < -0.3 is 25.7 Å². The highest BCUT2D eigenvalue weighted by Crippen LogP contribution is 2.22. The van der Waals surface area contributed by atoms with Gasteiger partial charge in [0.15, 0.2) is 0 Å². The molecule has 0 bridgehead atoms. The molecule has 4 rings (SSSR count). The van der Waals surface area contributed by atoms with Crippen LogP contribution in [0.5, 0.6) is 0 Å². The van der Waals surface area contributed by atoms with Crippen LogP contribution in [-0.2, 0) is 33.4 Å². The highest BCUT2D eigenvalue weighted by molar-refractivity contribution is 7.88. The zero-order valence-corrected chi connectivity index (χ0v) is 21.0. The van der Waals surface area contributed by atoms with E-state index in [0.717, 1.165) is 45.9 Å². The van der Waals surface area contributed by atoms with Gasteiger partial charge in [0.2, 0.25) is 10.0 Å². The summed E-state index contributed by atoms with van der Waals surface area (Å²) in [5.74, 6) is -0.960. The molecule has 2 aromatic carbocycles. The molecule has 10 heteroatoms. The number of likely N-dealkylation sites (N-methyl/N-ethyl adjacent to an activating group) is 1. The number of sulfonamides is 1. The van der Waals surface area contributed by atoms with Crippen LogP contribution in [0.2, 0.25) is 0 Å². The van der Waals surface area contributed by atoms with Crippen LogP contribution >= 0.6 is 0 Å². The third-order valence-electron chi connectivity index (χ3n) is 5.76. The van der Waals surface area contributed by atoms with Gasteiger partial charge in [0.05, 0.1) is 5.75 Å². The molecule has 35 heavy (non-hydrogen) atoms. The molecule has 0 aliphatic heterocycles. The van der Waals surface area contributed by atoms with Crippen LogP contribution in [0.3, 0.4) is 0 Å². The van der Waals surface area contributed by atoms with Crippen molar-refractivity contribution < 1.29 is 18.3 Å². The van der Waals surface area contributed by atoms with Gasteiger partial charge in [-0.3, -0.25) is 4.79 Å². The number of hydrogen-bond acceptors (Lipinski definition) is 5. The Hall–Kier alpha value is -3.18. The van der Waals surface area contributed by atoms with E-state index in [2.05, 4.69) is 19.6 Å². The van der Waals surface area contributed by atoms with E-state index < -0.39 is 22.0 Å². The molecule has 2 heterocycles. The van der Waals surface area contributed by atoms with Gasteiger partial charge in [-0.25, -0.2) is 13.1 Å². The second kappa shape index (κ2) is 11.5. The Balaban J connectivity index is 0.000000203. The number of nitrogens with two attached hydrogens (primary N) is 1. The highest BCUT2D eigenvalue weighted by Gasteiger charge is 2.14. The minimum absolute atomic E-state index is 0.0116. The van der Waals surface area contributed by atoms with Gasteiger partial charge >= 0.3 is 5.97 Å². The average Bonchev–Trinajstić information content (AvgIpc) is 3.41. The van der Waals surface area contributed by atoms with Crippen LogP contribution in [-0.4, -0.2) is 68.1 Å². The zero-order valence-electron chi connectivity index (χ0n) is 20.2. The number of benzene rings is 2. The molecule has 0 fully saturated rings. The third kappa shape index (κ3) is 7.15. The van der Waals surface area contributed by atoms with Crippen LogP contribution in [0.15, 0.2) is 54.9 Å². The number of nitrogens with one attached hydrogen (secondary N) is 3. The monoisotopic (exact) mass is 499 g/mol. The number of para-hydroxylation sites is 1. The predicted octanol–water partition coefficient (Wildman–Crippen LogP) is 2.44. The lowest BCUT2D eigenvalue weighted by atomic mass is 10.1. The Morgan fingerprint density at radius 2 is 1.71 bits per heavy atom. The first-order valence-corrected chi connectivity index (χ1v) is 12.9. The minimum atomic E-state index is -3.23. The summed E-state index contributed by atoms with van der Waals surface area (Å²) in [7, 11) is 2.29. The number of H-pyrrole nitrogens is 2. The topological polar surface area (TPSA) is 144 Å². The maximum Gasteiger partial charge on any atom is 0.320 e. The molecule has 9 nitrogen and oxygen atoms in total. The summed E-state index contributed by atoms with van der Waals surface area (Å²) in [6.45, 7) is 0.964. The van der Waals surface area contributed by atoms with E-state index in [0.29, 0.717) is 6.42 Å². The van der Waals surface area contributed by atoms with E-state index in [9.17, 15) is 13.2 Å². The second-order valence-corrected chi connectivity index (χ2v) is 10.6. The number of rotatable bonds is 9. The number of aliphatic carboxylic acids is 1. The van der Waals surface area contributed by atoms with Gasteiger partial charge in [-0.05, 0) is 62.5 Å². The van der Waals surface area contributed by atoms with Crippen molar-refractivity contribution in [2.75, 3.05) is 27.7 Å². The smallest absolute Gasteiger partial charge is 0.320 e. The van der Waals surface area contributed by atoms with Gasteiger partial charge in [0.25, 0.3) is 0 Å². The SMILES string of the molecule is CNS(=O)(=O)Cc1ccc2[nH]cc(CCN(C)C)c2c1.N[C@@H](Cc1c[nH]c2ccccc12)C(=O)O. The molecular weight excluding hydrogens is 466 g/mol. The number of carbonyl (C=O) groups is 1. The summed E-state index contributed by atoms with van der Waals surface area (Å²) in [5.41, 5.74) is 10.5. The molecule has 0 saturated carbocycles. The first-order valence-electron chi connectivity index (χ1n) is 11.3. The van der Waals surface area contributed by atoms with Crippen molar-refractivity contribution >= 4 is 37.8 Å². The standard InChI is InChI=1S/C14H21N3O2S.C11H12N2O2/c1-15-20(18,19)10-11-4-5-14-13(8-11)12(9-16-14)6-7-17(2)3;12-9(11(14)15)5-7-6-13-10-4-2-1-3-8(7)10/h4-5,8-9,15-16H,6-7,10H2,1-3H3;1-4,6,9,13H,5,12H2,(H,14,15)/t;9-/m.0/s1. The molecular formula is C25H33N5O4S. The Morgan fingerprint density at radius 1 is 1.06 bits per heavy atom. The van der Waals surface area contributed by atoms with Gasteiger partial charge in [-0.2, -0.15) is 0 Å². The molecule has 2 aromatic heterocycles. The Bertz CT molecular complexity index is 1390. The minimum Gasteiger partial charge on any atom is -0.480 e. The normalized spacial score (nSPS) is 12.6. The molecule has 0 aliphatic rings. The first-order chi connectivity index (χ1) is 16.6. The van der Waals surface area contributed by atoms with Crippen molar-refractivity contribution in [2.45, 2.75) is 24.6 Å². The third-order valence-corrected chi connectivity index (χ3v) is 7.10. The summed E-state index contributed by atoms with van der Waals surface area (Å²) >= 11 is 0. The van der Waals surface area contributed by atoms with E-state index in [1.807, 2.05) is 69.0 Å². The molecule has 1 atom stereocenters. The molecule has 0 aliphatic carbocycles. The maximum atomic E-state index is 11.6. The van der Waals surface area contributed by atoms with Crippen LogP contribution in [0, 0.1) is 0 Å². The number of aromatic amines is 2. The highest BCUT2D eigenvalue weighted by atomic mass is 32.2. The van der Waals surface area contributed by atoms with E-state index in [-0.39, 0.29) is 5.75 Å². The maximum absolute atomic E-state index is 11.6. The van der Waals surface area contributed by atoms with Crippen LogP contribution in [0.1, 0.15) is 16.7 Å². The number of nitrogens with zero attached hydrogens (tertiary/aromatic N) is 1. The number of hydrogen-bond donors (Lipinski definition) is 5. The summed E-state index contributed by atoms with van der Waals surface area (Å²) < 4.78 is 25.6. The Labute approximate surface area is 205 Å². The van der Waals surface area contributed by atoms with Crippen LogP contribution in [0.25, 0.3) is 21.8 Å². The summed E-state index contributed by atoms with van der Waals surface area (Å²) in [4.78, 5) is 19.1. The average molecular weight is 500 g/mol. The molecule has 0 spiro atoms. The number of carboxylic acids is 1. The van der Waals surface area contributed by atoms with Gasteiger partial charge in [0, 0.05) is 47.2 Å².